The molecule has 144 valence electrons. The maximum absolute atomic E-state index is 13.0. The van der Waals surface area contributed by atoms with Crippen LogP contribution < -0.4 is 0 Å². The quantitative estimate of drug-likeness (QED) is 0.509. The molecule has 0 N–H and O–H groups in total. The molecule has 8 nitrogen and oxygen atoms in total. The van der Waals surface area contributed by atoms with Crippen molar-refractivity contribution in [3.05, 3.63) is 76.9 Å². The van der Waals surface area contributed by atoms with E-state index in [1.54, 1.807) is 17.6 Å². The van der Waals surface area contributed by atoms with Gasteiger partial charge in [-0.1, -0.05) is 36.4 Å². The lowest BCUT2D eigenvalue weighted by molar-refractivity contribution is -0.134. The van der Waals surface area contributed by atoms with Gasteiger partial charge in [0.05, 0.1) is 12.3 Å². The Morgan fingerprint density at radius 2 is 2.03 bits per heavy atom. The van der Waals surface area contributed by atoms with Crippen molar-refractivity contribution in [3.63, 3.8) is 0 Å². The van der Waals surface area contributed by atoms with Gasteiger partial charge in [0.15, 0.2) is 0 Å². The highest BCUT2D eigenvalue weighted by atomic mass is 32.1. The Balaban J connectivity index is 1.39. The fourth-order valence-electron chi connectivity index (χ4n) is 3.24. The van der Waals surface area contributed by atoms with Crippen molar-refractivity contribution < 1.29 is 9.21 Å². The van der Waals surface area contributed by atoms with Crippen molar-refractivity contribution in [3.8, 4) is 11.4 Å². The average molecular weight is 404 g/mol. The predicted molar refractivity (Wildman–Crippen MR) is 107 cm³/mol. The molecule has 4 heterocycles. The number of tetrazole rings is 1. The zero-order valence-electron chi connectivity index (χ0n) is 15.3. The van der Waals surface area contributed by atoms with Crippen molar-refractivity contribution in [2.24, 2.45) is 5.10 Å². The summed E-state index contributed by atoms with van der Waals surface area (Å²) in [7, 11) is 0. The number of rotatable bonds is 5. The third-order valence-electron chi connectivity index (χ3n) is 4.60. The molecule has 0 bridgehead atoms. The first-order valence-corrected chi connectivity index (χ1v) is 9.96. The molecule has 3 aromatic heterocycles. The molecule has 9 heteroatoms. The van der Waals surface area contributed by atoms with E-state index in [0.29, 0.717) is 18.0 Å². The van der Waals surface area contributed by atoms with Crippen molar-refractivity contribution in [1.82, 2.24) is 25.2 Å². The van der Waals surface area contributed by atoms with E-state index >= 15 is 0 Å². The monoisotopic (exact) mass is 404 g/mol. The fourth-order valence-corrected chi connectivity index (χ4v) is 4.05. The number of carbonyl (C=O) groups excluding carboxylic acids is 1. The lowest BCUT2D eigenvalue weighted by Crippen LogP contribution is -2.30. The van der Waals surface area contributed by atoms with Crippen LogP contribution in [-0.4, -0.2) is 36.8 Å². The van der Waals surface area contributed by atoms with Gasteiger partial charge in [0.25, 0.3) is 5.91 Å². The molecule has 1 atom stereocenters. The zero-order chi connectivity index (χ0) is 19.6. The molecular formula is C20H16N6O2S. The van der Waals surface area contributed by atoms with Gasteiger partial charge in [-0.25, -0.2) is 5.01 Å². The van der Waals surface area contributed by atoms with Crippen molar-refractivity contribution in [2.45, 2.75) is 19.0 Å². The maximum atomic E-state index is 13.0. The minimum Gasteiger partial charge on any atom is -0.463 e. The Kier molecular flexibility index (Phi) is 4.49. The molecule has 1 aliphatic rings. The molecule has 1 aromatic carbocycles. The number of thiophene rings is 1. The summed E-state index contributed by atoms with van der Waals surface area (Å²) in [5.41, 5.74) is 1.60. The molecule has 0 spiro atoms. The van der Waals surface area contributed by atoms with E-state index in [0.717, 1.165) is 16.2 Å². The van der Waals surface area contributed by atoms with Gasteiger partial charge < -0.3 is 4.42 Å². The minimum absolute atomic E-state index is 0.0450. The summed E-state index contributed by atoms with van der Waals surface area (Å²) in [5.74, 6) is 0.948. The van der Waals surface area contributed by atoms with Gasteiger partial charge in [0, 0.05) is 16.9 Å². The highest BCUT2D eigenvalue weighted by Crippen LogP contribution is 2.35. The summed E-state index contributed by atoms with van der Waals surface area (Å²) in [6.45, 7) is -0.0450. The molecule has 4 aromatic rings. The van der Waals surface area contributed by atoms with Gasteiger partial charge in [0.1, 0.15) is 18.0 Å². The summed E-state index contributed by atoms with van der Waals surface area (Å²) >= 11 is 1.60. The summed E-state index contributed by atoms with van der Waals surface area (Å²) < 4.78 is 5.48. The number of hydrazone groups is 1. The third-order valence-corrected chi connectivity index (χ3v) is 5.58. The van der Waals surface area contributed by atoms with Crippen LogP contribution in [0.4, 0.5) is 0 Å². The fraction of sp³-hybridized carbons (Fsp3) is 0.150. The summed E-state index contributed by atoms with van der Waals surface area (Å²) in [6, 6.07) is 17.0. The molecule has 0 saturated heterocycles. The lowest BCUT2D eigenvalue weighted by Gasteiger charge is -2.20. The standard InChI is InChI=1S/C20H16N6O2S/c27-19(13-25-23-20(21-24-25)14-6-2-1-3-7-14)26-16(18-9-5-11-29-18)12-15(22-26)17-8-4-10-28-17/h1-11,16H,12-13H2. The van der Waals surface area contributed by atoms with Crippen LogP contribution in [0.5, 0.6) is 0 Å². The van der Waals surface area contributed by atoms with E-state index < -0.39 is 0 Å². The Hall–Kier alpha value is -3.59. The van der Waals surface area contributed by atoms with Gasteiger partial charge in [-0.05, 0) is 28.8 Å². The molecule has 5 rings (SSSR count). The van der Waals surface area contributed by atoms with Crippen LogP contribution in [0.3, 0.4) is 0 Å². The van der Waals surface area contributed by atoms with E-state index in [1.807, 2.05) is 60.0 Å². The van der Waals surface area contributed by atoms with Crippen molar-refractivity contribution in [2.75, 3.05) is 0 Å². The molecule has 29 heavy (non-hydrogen) atoms. The number of aromatic nitrogens is 4. The highest BCUT2D eigenvalue weighted by molar-refractivity contribution is 7.10. The van der Waals surface area contributed by atoms with Crippen LogP contribution in [0.2, 0.25) is 0 Å². The molecule has 0 radical (unpaired) electrons. The lowest BCUT2D eigenvalue weighted by atomic mass is 10.1. The number of amides is 1. The molecule has 0 aliphatic carbocycles. The van der Waals surface area contributed by atoms with Crippen LogP contribution in [-0.2, 0) is 11.3 Å². The van der Waals surface area contributed by atoms with E-state index in [1.165, 1.54) is 9.81 Å². The van der Waals surface area contributed by atoms with Crippen molar-refractivity contribution in [1.29, 1.82) is 0 Å². The van der Waals surface area contributed by atoms with Crippen LogP contribution in [0.1, 0.15) is 23.1 Å². The van der Waals surface area contributed by atoms with E-state index in [4.69, 9.17) is 4.42 Å². The SMILES string of the molecule is O=C(Cn1nnc(-c2ccccc2)n1)N1N=C(c2ccco2)CC1c1cccs1. The normalized spacial score (nSPS) is 16.2. The Labute approximate surface area is 170 Å². The van der Waals surface area contributed by atoms with Gasteiger partial charge in [-0.15, -0.1) is 21.5 Å². The van der Waals surface area contributed by atoms with Crippen LogP contribution in [0.15, 0.2) is 75.8 Å². The first-order valence-electron chi connectivity index (χ1n) is 9.08. The number of benzene rings is 1. The zero-order valence-corrected chi connectivity index (χ0v) is 16.1. The first kappa shape index (κ1) is 17.5. The Morgan fingerprint density at radius 1 is 1.14 bits per heavy atom. The highest BCUT2D eigenvalue weighted by Gasteiger charge is 2.35. The summed E-state index contributed by atoms with van der Waals surface area (Å²) in [6.07, 6.45) is 2.20. The Bertz CT molecular complexity index is 1140. The van der Waals surface area contributed by atoms with Crippen molar-refractivity contribution >= 4 is 23.0 Å². The summed E-state index contributed by atoms with van der Waals surface area (Å²) in [5, 5.41) is 20.5. The van der Waals surface area contributed by atoms with Gasteiger partial charge >= 0.3 is 0 Å². The molecule has 1 unspecified atom stereocenters. The van der Waals surface area contributed by atoms with Gasteiger partial charge in [-0.2, -0.15) is 9.90 Å². The van der Waals surface area contributed by atoms with Crippen LogP contribution in [0, 0.1) is 0 Å². The molecule has 1 amide bonds. The number of nitrogens with zero attached hydrogens (tertiary/aromatic N) is 6. The largest absolute Gasteiger partial charge is 0.463 e. The number of hydrogen-bond acceptors (Lipinski definition) is 7. The van der Waals surface area contributed by atoms with Gasteiger partial charge in [-0.3, -0.25) is 4.79 Å². The third kappa shape index (κ3) is 3.47. The summed E-state index contributed by atoms with van der Waals surface area (Å²) in [4.78, 5) is 15.4. The van der Waals surface area contributed by atoms with Gasteiger partial charge in [0.2, 0.25) is 5.82 Å². The second-order valence-corrected chi connectivity index (χ2v) is 7.49. The Morgan fingerprint density at radius 3 is 2.79 bits per heavy atom. The van der Waals surface area contributed by atoms with E-state index in [2.05, 4.69) is 20.5 Å². The topological polar surface area (TPSA) is 89.4 Å². The smallest absolute Gasteiger partial charge is 0.266 e. The number of furan rings is 1. The second kappa shape index (κ2) is 7.44. The molecule has 0 saturated carbocycles. The number of hydrogen-bond donors (Lipinski definition) is 0. The molecular weight excluding hydrogens is 388 g/mol. The minimum atomic E-state index is -0.207. The second-order valence-electron chi connectivity index (χ2n) is 6.51. The molecule has 0 fully saturated rings. The van der Waals surface area contributed by atoms with Crippen LogP contribution >= 0.6 is 11.3 Å². The number of carbonyl (C=O) groups is 1. The average Bonchev–Trinajstić information content (AvgIpc) is 3.55. The van der Waals surface area contributed by atoms with E-state index in [9.17, 15) is 4.79 Å². The maximum Gasteiger partial charge on any atom is 0.266 e. The van der Waals surface area contributed by atoms with Crippen LogP contribution in [0.25, 0.3) is 11.4 Å². The molecule has 1 aliphatic heterocycles. The predicted octanol–water partition coefficient (Wildman–Crippen LogP) is 3.37. The van der Waals surface area contributed by atoms with E-state index in [-0.39, 0.29) is 18.5 Å². The first-order chi connectivity index (χ1) is 14.3.